The Labute approximate surface area is 203 Å². The highest BCUT2D eigenvalue weighted by atomic mass is 16.6. The minimum Gasteiger partial charge on any atom is -0.439 e. The Balaban J connectivity index is 1.40. The number of nitrogens with zero attached hydrogens (tertiary/aromatic N) is 6. The third-order valence-electron chi connectivity index (χ3n) is 5.19. The number of nitro benzene ring substituents is 1. The van der Waals surface area contributed by atoms with Gasteiger partial charge in [-0.2, -0.15) is 5.10 Å². The van der Waals surface area contributed by atoms with E-state index in [1.165, 1.54) is 35.3 Å². The summed E-state index contributed by atoms with van der Waals surface area (Å²) in [5.74, 6) is 0.868. The highest BCUT2D eigenvalue weighted by Gasteiger charge is 2.19. The molecule has 3 N–H and O–H groups in total. The summed E-state index contributed by atoms with van der Waals surface area (Å²) in [6, 6.07) is 18.3. The lowest BCUT2D eigenvalue weighted by Gasteiger charge is -2.06. The number of nitrogen functional groups attached to an aromatic ring is 1. The van der Waals surface area contributed by atoms with Crippen LogP contribution in [0.2, 0.25) is 0 Å². The number of nitrogens with two attached hydrogens (primary N) is 1. The van der Waals surface area contributed by atoms with E-state index < -0.39 is 10.8 Å². The number of non-ortho nitro benzene ring substituents is 1. The Hall–Kier alpha value is -5.39. The van der Waals surface area contributed by atoms with Gasteiger partial charge in [0.25, 0.3) is 5.69 Å². The van der Waals surface area contributed by atoms with Gasteiger partial charge in [-0.1, -0.05) is 18.2 Å². The fourth-order valence-electron chi connectivity index (χ4n) is 3.54. The van der Waals surface area contributed by atoms with Gasteiger partial charge >= 0.3 is 0 Å². The summed E-state index contributed by atoms with van der Waals surface area (Å²) < 4.78 is 7.15. The van der Waals surface area contributed by atoms with Crippen molar-refractivity contribution in [2.45, 2.75) is 6.54 Å². The van der Waals surface area contributed by atoms with Crippen LogP contribution in [0.3, 0.4) is 0 Å². The number of nitro groups is 1. The summed E-state index contributed by atoms with van der Waals surface area (Å²) in [6.45, 7) is -0.174. The molecule has 3 heterocycles. The van der Waals surface area contributed by atoms with Crippen molar-refractivity contribution >= 4 is 34.1 Å². The lowest BCUT2D eigenvalue weighted by molar-refractivity contribution is -0.384. The fraction of sp³-hybridized carbons (Fsp3) is 0.0417. The quantitative estimate of drug-likeness (QED) is 0.259. The summed E-state index contributed by atoms with van der Waals surface area (Å²) >= 11 is 0. The molecule has 36 heavy (non-hydrogen) atoms. The largest absolute Gasteiger partial charge is 0.439 e. The van der Waals surface area contributed by atoms with Crippen LogP contribution in [0.25, 0.3) is 22.3 Å². The number of aromatic nitrogens is 5. The van der Waals surface area contributed by atoms with Crippen molar-refractivity contribution in [1.29, 1.82) is 0 Å². The van der Waals surface area contributed by atoms with E-state index in [1.54, 1.807) is 18.3 Å². The number of pyridine rings is 1. The first kappa shape index (κ1) is 22.4. The highest BCUT2D eigenvalue weighted by Crippen LogP contribution is 2.31. The van der Waals surface area contributed by atoms with Crippen molar-refractivity contribution in [3.63, 3.8) is 0 Å². The molecule has 0 aliphatic rings. The summed E-state index contributed by atoms with van der Waals surface area (Å²) in [7, 11) is 0. The number of carbonyl (C=O) groups excluding carboxylic acids is 1. The van der Waals surface area contributed by atoms with E-state index in [4.69, 9.17) is 10.5 Å². The zero-order valence-electron chi connectivity index (χ0n) is 18.6. The van der Waals surface area contributed by atoms with Gasteiger partial charge in [0, 0.05) is 35.6 Å². The predicted octanol–water partition coefficient (Wildman–Crippen LogP) is 3.81. The molecule has 3 aromatic heterocycles. The molecule has 0 aliphatic carbocycles. The lowest BCUT2D eigenvalue weighted by atomic mass is 10.1. The molecule has 0 saturated heterocycles. The maximum absolute atomic E-state index is 12.7. The van der Waals surface area contributed by atoms with Crippen molar-refractivity contribution in [2.24, 2.45) is 0 Å². The van der Waals surface area contributed by atoms with Crippen molar-refractivity contribution in [1.82, 2.24) is 24.7 Å². The van der Waals surface area contributed by atoms with Crippen LogP contribution < -0.4 is 15.8 Å². The lowest BCUT2D eigenvalue weighted by Crippen LogP contribution is -2.19. The maximum atomic E-state index is 12.7. The molecular formula is C24H18N8O4. The second kappa shape index (κ2) is 9.46. The molecule has 12 nitrogen and oxygen atoms in total. The number of nitrogens with one attached hydrogen (secondary N) is 1. The number of para-hydroxylation sites is 1. The Morgan fingerprint density at radius 1 is 1.03 bits per heavy atom. The van der Waals surface area contributed by atoms with Crippen LogP contribution in [0, 0.1) is 10.1 Å². The molecular weight excluding hydrogens is 464 g/mol. The van der Waals surface area contributed by atoms with Crippen LogP contribution >= 0.6 is 0 Å². The van der Waals surface area contributed by atoms with E-state index in [-0.39, 0.29) is 18.1 Å². The Bertz CT molecular complexity index is 1550. The van der Waals surface area contributed by atoms with Gasteiger partial charge in [0.2, 0.25) is 11.8 Å². The molecule has 1 amide bonds. The van der Waals surface area contributed by atoms with E-state index in [9.17, 15) is 14.9 Å². The average molecular weight is 482 g/mol. The number of hydrogen-bond acceptors (Lipinski definition) is 9. The molecule has 0 radical (unpaired) electrons. The number of benzene rings is 2. The summed E-state index contributed by atoms with van der Waals surface area (Å²) in [5, 5.41) is 18.6. The second-order valence-corrected chi connectivity index (χ2v) is 7.62. The van der Waals surface area contributed by atoms with E-state index in [0.717, 1.165) is 0 Å². The topological polar surface area (TPSA) is 164 Å². The zero-order valence-corrected chi connectivity index (χ0v) is 18.6. The minimum absolute atomic E-state index is 0.0725. The maximum Gasteiger partial charge on any atom is 0.269 e. The van der Waals surface area contributed by atoms with E-state index >= 15 is 0 Å². The van der Waals surface area contributed by atoms with E-state index in [0.29, 0.717) is 39.6 Å². The zero-order chi connectivity index (χ0) is 25.1. The first-order chi connectivity index (χ1) is 17.5. The van der Waals surface area contributed by atoms with Gasteiger partial charge in [-0.25, -0.2) is 19.6 Å². The number of carbonyl (C=O) groups is 1. The summed E-state index contributed by atoms with van der Waals surface area (Å²) in [6.07, 6.45) is 2.89. The molecule has 0 fully saturated rings. The normalized spacial score (nSPS) is 10.8. The second-order valence-electron chi connectivity index (χ2n) is 7.62. The minimum atomic E-state index is -0.512. The smallest absolute Gasteiger partial charge is 0.269 e. The third kappa shape index (κ3) is 4.63. The van der Waals surface area contributed by atoms with Crippen LogP contribution in [-0.2, 0) is 11.3 Å². The van der Waals surface area contributed by atoms with Crippen molar-refractivity contribution in [3.8, 4) is 22.9 Å². The molecule has 12 heteroatoms. The SMILES string of the molecule is Nc1ncnc2c1c(-c1ccc(Oc3ccccc3)nc1)nn2CC(=O)Nc1ccc([N+](=O)[O-])cc1. The van der Waals surface area contributed by atoms with Gasteiger partial charge in [0.1, 0.15) is 30.1 Å². The molecule has 0 bridgehead atoms. The number of anilines is 2. The number of amides is 1. The first-order valence-electron chi connectivity index (χ1n) is 10.7. The van der Waals surface area contributed by atoms with Crippen molar-refractivity contribution in [3.05, 3.63) is 89.4 Å². The number of ether oxygens (including phenoxy) is 1. The van der Waals surface area contributed by atoms with E-state index in [1.807, 2.05) is 30.3 Å². The van der Waals surface area contributed by atoms with Gasteiger partial charge in [-0.3, -0.25) is 14.9 Å². The van der Waals surface area contributed by atoms with Gasteiger partial charge in [-0.15, -0.1) is 0 Å². The fourth-order valence-corrected chi connectivity index (χ4v) is 3.54. The third-order valence-corrected chi connectivity index (χ3v) is 5.19. The van der Waals surface area contributed by atoms with Gasteiger partial charge < -0.3 is 15.8 Å². The average Bonchev–Trinajstić information content (AvgIpc) is 3.25. The van der Waals surface area contributed by atoms with Crippen LogP contribution in [0.15, 0.2) is 79.3 Å². The van der Waals surface area contributed by atoms with Crippen LogP contribution in [-0.4, -0.2) is 35.6 Å². The van der Waals surface area contributed by atoms with Crippen LogP contribution in [0.5, 0.6) is 11.6 Å². The number of fused-ring (bicyclic) bond motifs is 1. The Morgan fingerprint density at radius 3 is 2.50 bits per heavy atom. The van der Waals surface area contributed by atoms with E-state index in [2.05, 4.69) is 25.4 Å². The molecule has 5 rings (SSSR count). The highest BCUT2D eigenvalue weighted by molar-refractivity contribution is 5.99. The molecule has 0 aliphatic heterocycles. The summed E-state index contributed by atoms with van der Waals surface area (Å²) in [5.41, 5.74) is 7.94. The predicted molar refractivity (Wildman–Crippen MR) is 131 cm³/mol. The number of rotatable bonds is 7. The summed E-state index contributed by atoms with van der Waals surface area (Å²) in [4.78, 5) is 35.7. The van der Waals surface area contributed by atoms with Crippen molar-refractivity contribution < 1.29 is 14.5 Å². The molecule has 5 aromatic rings. The van der Waals surface area contributed by atoms with Gasteiger partial charge in [0.05, 0.1) is 10.3 Å². The standard InChI is InChI=1S/C24H18N8O4/c25-23-21-22(15-6-11-20(26-12-15)36-18-4-2-1-3-5-18)30-31(24(21)28-14-27-23)13-19(33)29-16-7-9-17(10-8-16)32(34)35/h1-12,14H,13H2,(H,29,33)(H2,25,27,28). The molecule has 0 saturated carbocycles. The van der Waals surface area contributed by atoms with Crippen molar-refractivity contribution in [2.75, 3.05) is 11.1 Å². The molecule has 2 aromatic carbocycles. The molecule has 0 atom stereocenters. The monoisotopic (exact) mass is 482 g/mol. The number of hydrogen-bond donors (Lipinski definition) is 2. The van der Waals surface area contributed by atoms with Crippen LogP contribution in [0.4, 0.5) is 17.2 Å². The molecule has 178 valence electrons. The molecule has 0 spiro atoms. The van der Waals surface area contributed by atoms with Gasteiger partial charge in [-0.05, 0) is 30.3 Å². The Morgan fingerprint density at radius 2 is 1.81 bits per heavy atom. The Kier molecular flexibility index (Phi) is 5.89. The first-order valence-corrected chi connectivity index (χ1v) is 10.7. The molecule has 0 unspecified atom stereocenters. The van der Waals surface area contributed by atoms with Gasteiger partial charge in [0.15, 0.2) is 5.65 Å². The van der Waals surface area contributed by atoms with Crippen LogP contribution in [0.1, 0.15) is 0 Å².